The van der Waals surface area contributed by atoms with Crippen LogP contribution in [0.1, 0.15) is 5.82 Å². The van der Waals surface area contributed by atoms with Crippen LogP contribution in [0.15, 0.2) is 0 Å². The highest BCUT2D eigenvalue weighted by Crippen LogP contribution is 2.25. The van der Waals surface area contributed by atoms with Gasteiger partial charge >= 0.3 is 0 Å². The van der Waals surface area contributed by atoms with E-state index in [9.17, 15) is 5.11 Å². The third-order valence-electron chi connectivity index (χ3n) is 1.66. The summed E-state index contributed by atoms with van der Waals surface area (Å²) in [6.07, 6.45) is 0. The molecule has 0 saturated heterocycles. The molecule has 0 aliphatic carbocycles. The van der Waals surface area contributed by atoms with Gasteiger partial charge in [-0.05, 0) is 0 Å². The molecule has 15 heavy (non-hydrogen) atoms. The van der Waals surface area contributed by atoms with Crippen molar-refractivity contribution < 1.29 is 15.3 Å². The molecule has 0 unspecified atom stereocenters. The zero-order valence-electron chi connectivity index (χ0n) is 7.28. The first-order valence-corrected chi connectivity index (χ1v) is 4.51. The fourth-order valence-electron chi connectivity index (χ4n) is 1.03. The zero-order chi connectivity index (χ0) is 11.0. The van der Waals surface area contributed by atoms with E-state index in [4.69, 9.17) is 10.2 Å². The third-order valence-corrected chi connectivity index (χ3v) is 1.95. The number of aromatic hydroxyl groups is 3. The van der Waals surface area contributed by atoms with Gasteiger partial charge in [0.1, 0.15) is 5.82 Å². The van der Waals surface area contributed by atoms with Gasteiger partial charge in [-0.3, -0.25) is 0 Å². The Kier molecular flexibility index (Phi) is 2.19. The Hall–Kier alpha value is -1.83. The van der Waals surface area contributed by atoms with Gasteiger partial charge in [-0.15, -0.1) is 0 Å². The average molecular weight is 226 g/mol. The van der Waals surface area contributed by atoms with Crippen LogP contribution in [0.5, 0.6) is 17.6 Å². The molecule has 2 heterocycles. The summed E-state index contributed by atoms with van der Waals surface area (Å²) < 4.78 is 0. The Labute approximate surface area is 88.9 Å². The van der Waals surface area contributed by atoms with Gasteiger partial charge in [-0.1, -0.05) is 0 Å². The summed E-state index contributed by atoms with van der Waals surface area (Å²) >= 11 is 3.93. The molecule has 0 atom stereocenters. The quantitative estimate of drug-likeness (QED) is 0.505. The van der Waals surface area contributed by atoms with Crippen molar-refractivity contribution >= 4 is 23.8 Å². The van der Waals surface area contributed by atoms with Crippen LogP contribution in [0.25, 0.3) is 11.2 Å². The Morgan fingerprint density at radius 1 is 0.867 bits per heavy atom. The SMILES string of the molecule is Oc1nc2nc(CS)nc(O)c2nc1O. The summed E-state index contributed by atoms with van der Waals surface area (Å²) in [5.41, 5.74) is -0.0716. The number of hydrogen-bond acceptors (Lipinski definition) is 8. The van der Waals surface area contributed by atoms with Crippen LogP contribution in [0.4, 0.5) is 0 Å². The van der Waals surface area contributed by atoms with Crippen LogP contribution in [0.3, 0.4) is 0 Å². The predicted octanol–water partition coefficient (Wildman–Crippen LogP) is -0.0336. The molecule has 0 amide bonds. The number of fused-ring (bicyclic) bond motifs is 1. The van der Waals surface area contributed by atoms with E-state index in [2.05, 4.69) is 32.6 Å². The third kappa shape index (κ3) is 1.59. The van der Waals surface area contributed by atoms with Crippen LogP contribution < -0.4 is 0 Å². The Balaban J connectivity index is 2.80. The fraction of sp³-hybridized carbons (Fsp3) is 0.143. The van der Waals surface area contributed by atoms with Crippen LogP contribution in [0, 0.1) is 0 Å². The van der Waals surface area contributed by atoms with E-state index in [0.29, 0.717) is 0 Å². The van der Waals surface area contributed by atoms with E-state index in [1.54, 1.807) is 0 Å². The summed E-state index contributed by atoms with van der Waals surface area (Å²) in [5.74, 6) is -1.27. The summed E-state index contributed by atoms with van der Waals surface area (Å²) in [5, 5.41) is 27.6. The minimum Gasteiger partial charge on any atom is -0.492 e. The van der Waals surface area contributed by atoms with Gasteiger partial charge in [0.15, 0.2) is 11.2 Å². The minimum absolute atomic E-state index is 0.00171. The van der Waals surface area contributed by atoms with Crippen LogP contribution >= 0.6 is 12.6 Å². The lowest BCUT2D eigenvalue weighted by Crippen LogP contribution is -1.96. The largest absolute Gasteiger partial charge is 0.492 e. The number of aromatic nitrogens is 4. The first-order chi connectivity index (χ1) is 7.11. The Morgan fingerprint density at radius 3 is 2.20 bits per heavy atom. The van der Waals surface area contributed by atoms with Crippen molar-refractivity contribution in [2.45, 2.75) is 5.75 Å². The van der Waals surface area contributed by atoms with Crippen LogP contribution in [-0.2, 0) is 5.75 Å². The number of nitrogens with zero attached hydrogens (tertiary/aromatic N) is 4. The smallest absolute Gasteiger partial charge is 0.277 e. The Bertz CT molecular complexity index is 533. The lowest BCUT2D eigenvalue weighted by molar-refractivity contribution is 0.376. The number of hydrogen-bond donors (Lipinski definition) is 4. The second kappa shape index (κ2) is 3.39. The number of rotatable bonds is 1. The van der Waals surface area contributed by atoms with Crippen molar-refractivity contribution in [1.82, 2.24) is 19.9 Å². The van der Waals surface area contributed by atoms with E-state index in [0.717, 1.165) is 0 Å². The van der Waals surface area contributed by atoms with Crippen molar-refractivity contribution in [3.8, 4) is 17.6 Å². The summed E-state index contributed by atoms with van der Waals surface area (Å²) in [6.45, 7) is 0. The average Bonchev–Trinajstić information content (AvgIpc) is 2.21. The first-order valence-electron chi connectivity index (χ1n) is 3.88. The maximum Gasteiger partial charge on any atom is 0.277 e. The van der Waals surface area contributed by atoms with E-state index < -0.39 is 17.6 Å². The van der Waals surface area contributed by atoms with Gasteiger partial charge in [0.05, 0.1) is 5.75 Å². The summed E-state index contributed by atoms with van der Waals surface area (Å²) in [7, 11) is 0. The molecule has 0 spiro atoms. The monoisotopic (exact) mass is 226 g/mol. The lowest BCUT2D eigenvalue weighted by Gasteiger charge is -2.02. The molecule has 0 aromatic carbocycles. The molecule has 8 heteroatoms. The number of thiol groups is 1. The molecule has 0 aliphatic rings. The first kappa shape index (κ1) is 9.71. The molecule has 0 aliphatic heterocycles. The summed E-state index contributed by atoms with van der Waals surface area (Å²) in [4.78, 5) is 14.6. The highest BCUT2D eigenvalue weighted by atomic mass is 32.1. The Morgan fingerprint density at radius 2 is 1.53 bits per heavy atom. The molecule has 0 fully saturated rings. The maximum absolute atomic E-state index is 9.42. The van der Waals surface area contributed by atoms with Crippen LogP contribution in [0.2, 0.25) is 0 Å². The second-order valence-electron chi connectivity index (χ2n) is 2.66. The van der Waals surface area contributed by atoms with Crippen molar-refractivity contribution in [3.63, 3.8) is 0 Å². The highest BCUT2D eigenvalue weighted by molar-refractivity contribution is 7.79. The van der Waals surface area contributed by atoms with Gasteiger partial charge in [-0.25, -0.2) is 4.98 Å². The molecule has 2 aromatic rings. The van der Waals surface area contributed by atoms with Gasteiger partial charge in [0.25, 0.3) is 11.8 Å². The molecule has 2 rings (SSSR count). The lowest BCUT2D eigenvalue weighted by atomic mass is 10.4. The molecule has 3 N–H and O–H groups in total. The van der Waals surface area contributed by atoms with Gasteiger partial charge in [0.2, 0.25) is 5.88 Å². The highest BCUT2D eigenvalue weighted by Gasteiger charge is 2.12. The van der Waals surface area contributed by atoms with Crippen molar-refractivity contribution in [3.05, 3.63) is 5.82 Å². The van der Waals surface area contributed by atoms with E-state index in [1.807, 2.05) is 0 Å². The predicted molar refractivity (Wildman–Crippen MR) is 52.8 cm³/mol. The van der Waals surface area contributed by atoms with Crippen molar-refractivity contribution in [2.24, 2.45) is 0 Å². The van der Waals surface area contributed by atoms with Gasteiger partial charge in [0, 0.05) is 0 Å². The van der Waals surface area contributed by atoms with E-state index >= 15 is 0 Å². The van der Waals surface area contributed by atoms with E-state index in [1.165, 1.54) is 0 Å². The molecule has 0 radical (unpaired) electrons. The normalized spacial score (nSPS) is 10.7. The zero-order valence-corrected chi connectivity index (χ0v) is 8.18. The van der Waals surface area contributed by atoms with Crippen molar-refractivity contribution in [1.29, 1.82) is 0 Å². The molecule has 2 aromatic heterocycles. The van der Waals surface area contributed by atoms with Gasteiger partial charge < -0.3 is 15.3 Å². The standard InChI is InChI=1S/C7H6N4O3S/c12-5-3-4(8-2(1-15)9-5)11-7(14)6(13)10-3/h15H,1H2,(H,10,13)(H2,8,9,11,12,14). The molecule has 0 saturated carbocycles. The fourth-order valence-corrected chi connectivity index (χ4v) is 1.17. The minimum atomic E-state index is -0.681. The molecule has 0 bridgehead atoms. The topological polar surface area (TPSA) is 112 Å². The van der Waals surface area contributed by atoms with Gasteiger partial charge in [-0.2, -0.15) is 27.6 Å². The van der Waals surface area contributed by atoms with Crippen LogP contribution in [-0.4, -0.2) is 35.3 Å². The molecular weight excluding hydrogens is 220 g/mol. The van der Waals surface area contributed by atoms with Crippen molar-refractivity contribution in [2.75, 3.05) is 0 Å². The summed E-state index contributed by atoms with van der Waals surface area (Å²) in [6, 6.07) is 0. The molecule has 7 nitrogen and oxygen atoms in total. The second-order valence-corrected chi connectivity index (χ2v) is 2.98. The van der Waals surface area contributed by atoms with E-state index in [-0.39, 0.29) is 22.7 Å². The maximum atomic E-state index is 9.42. The molecule has 78 valence electrons. The molecular formula is C7H6N4O3S.